The predicted molar refractivity (Wildman–Crippen MR) is 74.9 cm³/mol. The third kappa shape index (κ3) is 3.19. The summed E-state index contributed by atoms with van der Waals surface area (Å²) in [5.74, 6) is 2.20. The van der Waals surface area contributed by atoms with Crippen molar-refractivity contribution in [2.45, 2.75) is 19.4 Å². The molecule has 19 heavy (non-hydrogen) atoms. The molecule has 1 aromatic carbocycles. The van der Waals surface area contributed by atoms with E-state index in [0.29, 0.717) is 5.92 Å². The molecule has 0 aromatic heterocycles. The van der Waals surface area contributed by atoms with Gasteiger partial charge in [-0.3, -0.25) is 0 Å². The van der Waals surface area contributed by atoms with E-state index in [2.05, 4.69) is 12.2 Å². The van der Waals surface area contributed by atoms with Gasteiger partial charge < -0.3 is 19.5 Å². The molecule has 106 valence electrons. The molecule has 0 radical (unpaired) electrons. The van der Waals surface area contributed by atoms with Crippen molar-refractivity contribution in [3.8, 4) is 11.5 Å². The molecule has 1 aliphatic rings. The molecule has 0 bridgehead atoms. The van der Waals surface area contributed by atoms with Crippen LogP contribution in [0.4, 0.5) is 0 Å². The molecule has 2 atom stereocenters. The van der Waals surface area contributed by atoms with E-state index in [1.807, 2.05) is 18.2 Å². The minimum atomic E-state index is 0.0871. The molecule has 4 heteroatoms. The lowest BCUT2D eigenvalue weighted by Crippen LogP contribution is -2.24. The van der Waals surface area contributed by atoms with Crippen LogP contribution in [0, 0.1) is 5.92 Å². The van der Waals surface area contributed by atoms with E-state index in [-0.39, 0.29) is 6.10 Å². The number of methoxy groups -OCH3 is 2. The summed E-state index contributed by atoms with van der Waals surface area (Å²) in [5, 5.41) is 3.40. The van der Waals surface area contributed by atoms with Crippen LogP contribution < -0.4 is 14.8 Å². The number of ether oxygens (including phenoxy) is 3. The van der Waals surface area contributed by atoms with Crippen molar-refractivity contribution in [1.82, 2.24) is 5.32 Å². The van der Waals surface area contributed by atoms with Crippen molar-refractivity contribution >= 4 is 0 Å². The highest BCUT2D eigenvalue weighted by atomic mass is 16.5. The molecule has 1 fully saturated rings. The Balaban J connectivity index is 2.23. The van der Waals surface area contributed by atoms with Crippen LogP contribution in [0.1, 0.15) is 25.0 Å². The van der Waals surface area contributed by atoms with E-state index in [4.69, 9.17) is 14.2 Å². The second kappa shape index (κ2) is 6.78. The lowest BCUT2D eigenvalue weighted by Gasteiger charge is -2.21. The van der Waals surface area contributed by atoms with Crippen molar-refractivity contribution in [2.75, 3.05) is 33.9 Å². The smallest absolute Gasteiger partial charge is 0.124 e. The summed E-state index contributed by atoms with van der Waals surface area (Å²) in [6, 6.07) is 5.88. The minimum Gasteiger partial charge on any atom is -0.497 e. The average Bonchev–Trinajstić information content (AvgIpc) is 2.92. The maximum absolute atomic E-state index is 5.92. The molecule has 1 aromatic rings. The number of hydrogen-bond acceptors (Lipinski definition) is 4. The molecule has 1 N–H and O–H groups in total. The SMILES string of the molecule is CCNCC1CCOC1c1cc(OC)ccc1OC. The first kappa shape index (κ1) is 14.2. The van der Waals surface area contributed by atoms with Crippen molar-refractivity contribution < 1.29 is 14.2 Å². The average molecular weight is 265 g/mol. The summed E-state index contributed by atoms with van der Waals surface area (Å²) in [4.78, 5) is 0. The van der Waals surface area contributed by atoms with E-state index in [0.717, 1.165) is 43.2 Å². The Bertz CT molecular complexity index is 408. The van der Waals surface area contributed by atoms with E-state index < -0.39 is 0 Å². The zero-order valence-corrected chi connectivity index (χ0v) is 11.9. The van der Waals surface area contributed by atoms with Gasteiger partial charge in [-0.25, -0.2) is 0 Å². The summed E-state index contributed by atoms with van der Waals surface area (Å²) < 4.78 is 16.7. The Labute approximate surface area is 115 Å². The Morgan fingerprint density at radius 3 is 2.84 bits per heavy atom. The van der Waals surface area contributed by atoms with Gasteiger partial charge >= 0.3 is 0 Å². The molecule has 4 nitrogen and oxygen atoms in total. The fourth-order valence-electron chi connectivity index (χ4n) is 2.58. The summed E-state index contributed by atoms with van der Waals surface area (Å²) in [6.07, 6.45) is 1.17. The first-order valence-electron chi connectivity index (χ1n) is 6.84. The van der Waals surface area contributed by atoms with Crippen LogP contribution in [-0.2, 0) is 4.74 Å². The van der Waals surface area contributed by atoms with Gasteiger partial charge in [0.05, 0.1) is 20.3 Å². The van der Waals surface area contributed by atoms with Gasteiger partial charge in [-0.05, 0) is 31.2 Å². The summed E-state index contributed by atoms with van der Waals surface area (Å²) in [6.45, 7) is 4.89. The van der Waals surface area contributed by atoms with Crippen LogP contribution in [0.3, 0.4) is 0 Å². The topological polar surface area (TPSA) is 39.7 Å². The second-order valence-corrected chi connectivity index (χ2v) is 4.76. The standard InChI is InChI=1S/C15H23NO3/c1-4-16-10-11-7-8-19-15(11)13-9-12(17-2)5-6-14(13)18-3/h5-6,9,11,15-16H,4,7-8,10H2,1-3H3. The molecule has 0 amide bonds. The highest BCUT2D eigenvalue weighted by Gasteiger charge is 2.31. The lowest BCUT2D eigenvalue weighted by molar-refractivity contribution is 0.0882. The first-order chi connectivity index (χ1) is 9.30. The molecular weight excluding hydrogens is 242 g/mol. The minimum absolute atomic E-state index is 0.0871. The Morgan fingerprint density at radius 2 is 2.16 bits per heavy atom. The van der Waals surface area contributed by atoms with Gasteiger partial charge in [0.25, 0.3) is 0 Å². The quantitative estimate of drug-likeness (QED) is 0.857. The van der Waals surface area contributed by atoms with Crippen LogP contribution in [0.5, 0.6) is 11.5 Å². The Kier molecular flexibility index (Phi) is 5.05. The molecule has 1 heterocycles. The molecule has 2 rings (SSSR count). The monoisotopic (exact) mass is 265 g/mol. The summed E-state index contributed by atoms with van der Waals surface area (Å²) in [5.41, 5.74) is 1.09. The highest BCUT2D eigenvalue weighted by molar-refractivity contribution is 5.42. The van der Waals surface area contributed by atoms with Gasteiger partial charge in [-0.2, -0.15) is 0 Å². The highest BCUT2D eigenvalue weighted by Crippen LogP contribution is 2.40. The summed E-state index contributed by atoms with van der Waals surface area (Å²) in [7, 11) is 3.37. The molecule has 1 saturated heterocycles. The fourth-order valence-corrected chi connectivity index (χ4v) is 2.58. The van der Waals surface area contributed by atoms with Gasteiger partial charge in [0, 0.05) is 24.6 Å². The Morgan fingerprint density at radius 1 is 1.32 bits per heavy atom. The van der Waals surface area contributed by atoms with Crippen LogP contribution in [0.25, 0.3) is 0 Å². The van der Waals surface area contributed by atoms with Gasteiger partial charge in [0.1, 0.15) is 11.5 Å². The first-order valence-corrected chi connectivity index (χ1v) is 6.84. The van der Waals surface area contributed by atoms with Crippen molar-refractivity contribution in [2.24, 2.45) is 5.92 Å². The lowest BCUT2D eigenvalue weighted by atomic mass is 9.94. The van der Waals surface area contributed by atoms with E-state index >= 15 is 0 Å². The van der Waals surface area contributed by atoms with Crippen LogP contribution >= 0.6 is 0 Å². The fraction of sp³-hybridized carbons (Fsp3) is 0.600. The maximum atomic E-state index is 5.92. The largest absolute Gasteiger partial charge is 0.497 e. The molecule has 0 aliphatic carbocycles. The molecule has 1 aliphatic heterocycles. The normalized spacial score (nSPS) is 22.5. The van der Waals surface area contributed by atoms with E-state index in [1.165, 1.54) is 0 Å². The van der Waals surface area contributed by atoms with Crippen LogP contribution in [-0.4, -0.2) is 33.9 Å². The van der Waals surface area contributed by atoms with Crippen molar-refractivity contribution in [3.63, 3.8) is 0 Å². The number of hydrogen-bond donors (Lipinski definition) is 1. The number of nitrogens with one attached hydrogen (secondary N) is 1. The van der Waals surface area contributed by atoms with Gasteiger partial charge in [0.15, 0.2) is 0 Å². The van der Waals surface area contributed by atoms with Crippen molar-refractivity contribution in [1.29, 1.82) is 0 Å². The molecule has 0 spiro atoms. The van der Waals surface area contributed by atoms with Crippen LogP contribution in [0.2, 0.25) is 0 Å². The van der Waals surface area contributed by atoms with Gasteiger partial charge in [-0.15, -0.1) is 0 Å². The maximum Gasteiger partial charge on any atom is 0.124 e. The second-order valence-electron chi connectivity index (χ2n) is 4.76. The number of rotatable bonds is 6. The van der Waals surface area contributed by atoms with Gasteiger partial charge in [-0.1, -0.05) is 6.92 Å². The number of benzene rings is 1. The predicted octanol–water partition coefficient (Wildman–Crippen LogP) is 2.39. The third-order valence-electron chi connectivity index (χ3n) is 3.61. The zero-order chi connectivity index (χ0) is 13.7. The summed E-state index contributed by atoms with van der Waals surface area (Å²) >= 11 is 0. The molecule has 0 saturated carbocycles. The zero-order valence-electron chi connectivity index (χ0n) is 11.9. The molecular formula is C15H23NO3. The van der Waals surface area contributed by atoms with Gasteiger partial charge in [0.2, 0.25) is 0 Å². The Hall–Kier alpha value is -1.26. The molecule has 2 unspecified atom stereocenters. The van der Waals surface area contributed by atoms with Crippen molar-refractivity contribution in [3.05, 3.63) is 23.8 Å². The van der Waals surface area contributed by atoms with Crippen LogP contribution in [0.15, 0.2) is 18.2 Å². The third-order valence-corrected chi connectivity index (χ3v) is 3.61. The van der Waals surface area contributed by atoms with E-state index in [1.54, 1.807) is 14.2 Å². The van der Waals surface area contributed by atoms with E-state index in [9.17, 15) is 0 Å².